The fourth-order valence-electron chi connectivity index (χ4n) is 3.47. The molecule has 0 saturated carbocycles. The molecule has 1 aromatic rings. The second-order valence-corrected chi connectivity index (χ2v) is 7.90. The average molecular weight is 347 g/mol. The second-order valence-electron chi connectivity index (χ2n) is 7.90. The normalized spacial score (nSPS) is 23.4. The number of hydrogen-bond acceptors (Lipinski definition) is 6. The van der Waals surface area contributed by atoms with Gasteiger partial charge in [0.25, 0.3) is 5.91 Å². The molecule has 3 aliphatic rings. The van der Waals surface area contributed by atoms with Crippen molar-refractivity contribution in [3.05, 3.63) is 17.8 Å². The summed E-state index contributed by atoms with van der Waals surface area (Å²) < 4.78 is 0. The van der Waals surface area contributed by atoms with E-state index in [1.54, 1.807) is 6.20 Å². The summed E-state index contributed by atoms with van der Waals surface area (Å²) in [5.41, 5.74) is 6.47. The van der Waals surface area contributed by atoms with Crippen molar-refractivity contribution in [2.24, 2.45) is 5.41 Å². The fourth-order valence-corrected chi connectivity index (χ4v) is 3.47. The van der Waals surface area contributed by atoms with Gasteiger partial charge in [-0.05, 0) is 18.9 Å². The van der Waals surface area contributed by atoms with E-state index in [0.717, 1.165) is 44.8 Å². The Morgan fingerprint density at radius 3 is 2.76 bits per heavy atom. The summed E-state index contributed by atoms with van der Waals surface area (Å²) in [4.78, 5) is 21.9. The van der Waals surface area contributed by atoms with Crippen molar-refractivity contribution < 1.29 is 9.90 Å². The summed E-state index contributed by atoms with van der Waals surface area (Å²) >= 11 is 0. The quantitative estimate of drug-likeness (QED) is 0.726. The molecule has 25 heavy (non-hydrogen) atoms. The molecule has 3 saturated heterocycles. The molecular weight excluding hydrogens is 318 g/mol. The van der Waals surface area contributed by atoms with E-state index in [-0.39, 0.29) is 17.9 Å². The Balaban J connectivity index is 1.77. The van der Waals surface area contributed by atoms with E-state index in [1.165, 1.54) is 0 Å². The Bertz CT molecular complexity index is 626. The van der Waals surface area contributed by atoms with Gasteiger partial charge < -0.3 is 26.0 Å². The molecule has 0 aliphatic carbocycles. The lowest BCUT2D eigenvalue weighted by molar-refractivity contribution is 0.0912. The third-order valence-corrected chi connectivity index (χ3v) is 5.27. The number of hydrogen-bond donors (Lipinski definition) is 3. The van der Waals surface area contributed by atoms with Crippen LogP contribution in [0.15, 0.2) is 12.3 Å². The first-order chi connectivity index (χ1) is 11.9. The summed E-state index contributed by atoms with van der Waals surface area (Å²) in [6, 6.07) is 2.30. The van der Waals surface area contributed by atoms with Gasteiger partial charge in [-0.25, -0.2) is 4.98 Å². The Hall–Kier alpha value is -1.86. The zero-order valence-corrected chi connectivity index (χ0v) is 15.2. The lowest BCUT2D eigenvalue weighted by atomic mass is 9.95. The molecule has 0 atom stereocenters. The molecule has 4 heterocycles. The minimum atomic E-state index is -0.363. The number of rotatable bonds is 5. The Morgan fingerprint density at radius 1 is 1.36 bits per heavy atom. The predicted molar refractivity (Wildman–Crippen MR) is 98.7 cm³/mol. The summed E-state index contributed by atoms with van der Waals surface area (Å²) in [7, 11) is 0. The van der Waals surface area contributed by atoms with Crippen LogP contribution in [-0.2, 0) is 0 Å². The first kappa shape index (κ1) is 17.9. The number of carbonyl (C=O) groups is 1. The average Bonchev–Trinajstić information content (AvgIpc) is 2.94. The van der Waals surface area contributed by atoms with Crippen LogP contribution in [0.4, 0.5) is 11.5 Å². The Morgan fingerprint density at radius 2 is 2.08 bits per heavy atom. The molecule has 138 valence electrons. The van der Waals surface area contributed by atoms with Crippen LogP contribution in [0, 0.1) is 5.41 Å². The van der Waals surface area contributed by atoms with E-state index in [0.29, 0.717) is 23.8 Å². The van der Waals surface area contributed by atoms with Gasteiger partial charge in [0.15, 0.2) is 0 Å². The number of nitrogens with zero attached hydrogens (tertiary/aromatic N) is 3. The molecular formula is C18H29N5O2. The second kappa shape index (κ2) is 7.17. The van der Waals surface area contributed by atoms with Crippen molar-refractivity contribution in [2.75, 3.05) is 50.0 Å². The number of nitrogen functional groups attached to an aromatic ring is 1. The number of piperidine rings is 1. The number of aliphatic hydroxyl groups excluding tert-OH is 1. The monoisotopic (exact) mass is 347 g/mol. The van der Waals surface area contributed by atoms with Gasteiger partial charge in [0.1, 0.15) is 5.82 Å². The van der Waals surface area contributed by atoms with Crippen molar-refractivity contribution in [2.45, 2.75) is 32.7 Å². The van der Waals surface area contributed by atoms with Gasteiger partial charge in [0.05, 0.1) is 17.4 Å². The number of nitrogens with one attached hydrogen (secondary N) is 1. The van der Waals surface area contributed by atoms with Crippen molar-refractivity contribution >= 4 is 17.4 Å². The maximum atomic E-state index is 12.6. The minimum Gasteiger partial charge on any atom is -0.397 e. The lowest BCUT2D eigenvalue weighted by Gasteiger charge is -2.32. The van der Waals surface area contributed by atoms with Crippen molar-refractivity contribution in [1.82, 2.24) is 15.2 Å². The maximum Gasteiger partial charge on any atom is 0.253 e. The Kier molecular flexibility index (Phi) is 5.15. The highest BCUT2D eigenvalue weighted by Crippen LogP contribution is 2.27. The third kappa shape index (κ3) is 4.04. The lowest BCUT2D eigenvalue weighted by Crippen LogP contribution is -2.39. The first-order valence-corrected chi connectivity index (χ1v) is 9.03. The molecule has 0 unspecified atom stereocenters. The number of amides is 1. The van der Waals surface area contributed by atoms with Gasteiger partial charge >= 0.3 is 0 Å². The largest absolute Gasteiger partial charge is 0.397 e. The molecule has 0 radical (unpaired) electrons. The van der Waals surface area contributed by atoms with Crippen molar-refractivity contribution in [3.8, 4) is 0 Å². The van der Waals surface area contributed by atoms with E-state index in [1.807, 2.05) is 19.9 Å². The molecule has 0 spiro atoms. The first-order valence-electron chi connectivity index (χ1n) is 9.03. The van der Waals surface area contributed by atoms with E-state index >= 15 is 0 Å². The molecule has 0 aromatic carbocycles. The molecule has 7 heteroatoms. The van der Waals surface area contributed by atoms with Crippen molar-refractivity contribution in [1.29, 1.82) is 0 Å². The highest BCUT2D eigenvalue weighted by atomic mass is 16.3. The highest BCUT2D eigenvalue weighted by Gasteiger charge is 2.30. The predicted octanol–water partition coefficient (Wildman–Crippen LogP) is 0.697. The third-order valence-electron chi connectivity index (χ3n) is 5.27. The van der Waals surface area contributed by atoms with Gasteiger partial charge in [-0.1, -0.05) is 13.8 Å². The Labute approximate surface area is 149 Å². The van der Waals surface area contributed by atoms with E-state index in [9.17, 15) is 9.90 Å². The van der Waals surface area contributed by atoms with E-state index in [4.69, 9.17) is 5.73 Å². The molecule has 7 nitrogen and oxygen atoms in total. The highest BCUT2D eigenvalue weighted by molar-refractivity contribution is 5.99. The number of nitrogens with two attached hydrogens (primary N) is 1. The molecule has 1 amide bonds. The number of aromatic nitrogens is 1. The number of aliphatic hydroxyl groups is 1. The number of pyridine rings is 1. The van der Waals surface area contributed by atoms with Crippen LogP contribution in [0.3, 0.4) is 0 Å². The zero-order chi connectivity index (χ0) is 18.0. The maximum absolute atomic E-state index is 12.6. The summed E-state index contributed by atoms with van der Waals surface area (Å²) in [5.74, 6) is 0.611. The topological polar surface area (TPSA) is 94.7 Å². The summed E-state index contributed by atoms with van der Waals surface area (Å²) in [6.07, 6.45) is 3.86. The number of anilines is 2. The van der Waals surface area contributed by atoms with Crippen LogP contribution in [0.1, 0.15) is 37.0 Å². The molecule has 3 fully saturated rings. The van der Waals surface area contributed by atoms with Gasteiger partial charge in [-0.15, -0.1) is 0 Å². The van der Waals surface area contributed by atoms with Crippen LogP contribution in [-0.4, -0.2) is 66.3 Å². The summed E-state index contributed by atoms with van der Waals surface area (Å²) in [5, 5.41) is 12.2. The van der Waals surface area contributed by atoms with E-state index in [2.05, 4.69) is 20.1 Å². The van der Waals surface area contributed by atoms with Gasteiger partial charge in [-0.2, -0.15) is 0 Å². The molecule has 2 bridgehead atoms. The zero-order valence-electron chi connectivity index (χ0n) is 15.2. The minimum absolute atomic E-state index is 0.0102. The fraction of sp³-hybridized carbons (Fsp3) is 0.667. The summed E-state index contributed by atoms with van der Waals surface area (Å²) in [6.45, 7) is 8.45. The molecule has 4 N–H and O–H groups in total. The molecule has 4 rings (SSSR count). The SMILES string of the molecule is CC(C)(CO)CNC(=O)c1cc(N2CCN3CCC2CC3)ncc1N. The number of carbonyl (C=O) groups excluding carboxylic acids is 1. The smallest absolute Gasteiger partial charge is 0.253 e. The van der Waals surface area contributed by atoms with Crippen molar-refractivity contribution in [3.63, 3.8) is 0 Å². The molecule has 3 aliphatic heterocycles. The van der Waals surface area contributed by atoms with Crippen LogP contribution in [0.5, 0.6) is 0 Å². The van der Waals surface area contributed by atoms with E-state index < -0.39 is 0 Å². The van der Waals surface area contributed by atoms with Gasteiger partial charge in [0, 0.05) is 50.8 Å². The van der Waals surface area contributed by atoms with Gasteiger partial charge in [-0.3, -0.25) is 4.79 Å². The van der Waals surface area contributed by atoms with Crippen LogP contribution < -0.4 is 16.0 Å². The van der Waals surface area contributed by atoms with Crippen LogP contribution in [0.2, 0.25) is 0 Å². The van der Waals surface area contributed by atoms with Gasteiger partial charge in [0.2, 0.25) is 0 Å². The molecule has 1 aromatic heterocycles. The number of fused-ring (bicyclic) bond motifs is 4. The standard InChI is InChI=1S/C18H29N5O2/c1-18(2,12-24)11-21-17(25)14-9-16(20-10-15(14)19)23-8-7-22-5-3-13(23)4-6-22/h9-10,13,24H,3-8,11-12,19H2,1-2H3,(H,21,25). The van der Waals surface area contributed by atoms with Crippen LogP contribution in [0.25, 0.3) is 0 Å². The van der Waals surface area contributed by atoms with Crippen LogP contribution >= 0.6 is 0 Å².